The molecule has 1 N–H and O–H groups in total. The minimum atomic E-state index is -1.06. The molecule has 0 saturated carbocycles. The first-order chi connectivity index (χ1) is 8.97. The minimum Gasteiger partial charge on any atom is -0.492 e. The third kappa shape index (κ3) is 1.89. The molecule has 2 aromatic rings. The number of benzene rings is 1. The van der Waals surface area contributed by atoms with Gasteiger partial charge in [-0.3, -0.25) is 0 Å². The highest BCUT2D eigenvalue weighted by molar-refractivity contribution is 5.85. The van der Waals surface area contributed by atoms with Crippen LogP contribution in [0.3, 0.4) is 0 Å². The number of fused-ring (bicyclic) bond motifs is 1. The van der Waals surface area contributed by atoms with Gasteiger partial charge < -0.3 is 14.3 Å². The number of ether oxygens (including phenoxy) is 1. The molecule has 19 heavy (non-hydrogen) atoms. The monoisotopic (exact) mass is 258 g/mol. The molecular weight excluding hydrogens is 244 g/mol. The quantitative estimate of drug-likeness (QED) is 0.897. The van der Waals surface area contributed by atoms with Crippen molar-refractivity contribution in [3.8, 4) is 17.1 Å². The van der Waals surface area contributed by atoms with Crippen LogP contribution in [-0.2, 0) is 5.41 Å². The number of hydrogen-bond acceptors (Lipinski definition) is 3. The topological polar surface area (TPSA) is 59.7 Å². The molecule has 1 aromatic heterocycles. The van der Waals surface area contributed by atoms with Gasteiger partial charge in [-0.2, -0.15) is 0 Å². The van der Waals surface area contributed by atoms with Gasteiger partial charge in [0.25, 0.3) is 0 Å². The summed E-state index contributed by atoms with van der Waals surface area (Å²) in [6, 6.07) is 8.93. The molecule has 1 aliphatic heterocycles. The summed E-state index contributed by atoms with van der Waals surface area (Å²) in [5, 5.41) is 8.87. The Balaban J connectivity index is 2.05. The van der Waals surface area contributed by atoms with E-state index in [2.05, 4.69) is 13.8 Å². The molecular formula is C15H14O4. The van der Waals surface area contributed by atoms with E-state index in [1.807, 2.05) is 18.2 Å². The number of aromatic carboxylic acids is 1. The van der Waals surface area contributed by atoms with Crippen LogP contribution in [0, 0.1) is 0 Å². The lowest BCUT2D eigenvalue weighted by molar-refractivity contribution is 0.0663. The molecule has 4 nitrogen and oxygen atoms in total. The van der Waals surface area contributed by atoms with E-state index in [4.69, 9.17) is 14.3 Å². The van der Waals surface area contributed by atoms with Gasteiger partial charge in [-0.15, -0.1) is 0 Å². The number of carboxylic acids is 1. The smallest absolute Gasteiger partial charge is 0.371 e. The second-order valence-corrected chi connectivity index (χ2v) is 5.35. The predicted molar refractivity (Wildman–Crippen MR) is 69.6 cm³/mol. The van der Waals surface area contributed by atoms with Crippen molar-refractivity contribution >= 4 is 5.97 Å². The highest BCUT2D eigenvalue weighted by atomic mass is 16.5. The van der Waals surface area contributed by atoms with Crippen LogP contribution < -0.4 is 4.74 Å². The van der Waals surface area contributed by atoms with E-state index in [1.165, 1.54) is 6.07 Å². The molecule has 3 rings (SSSR count). The van der Waals surface area contributed by atoms with E-state index < -0.39 is 5.97 Å². The Morgan fingerprint density at radius 1 is 1.26 bits per heavy atom. The van der Waals surface area contributed by atoms with Crippen LogP contribution in [-0.4, -0.2) is 17.7 Å². The van der Waals surface area contributed by atoms with Crippen LogP contribution in [0.15, 0.2) is 34.7 Å². The van der Waals surface area contributed by atoms with E-state index >= 15 is 0 Å². The standard InChI is InChI=1S/C15H14O4/c1-15(2)8-18-12-4-3-9(7-10(12)15)11-5-6-13(19-11)14(16)17/h3-7H,8H2,1-2H3,(H,16,17). The van der Waals surface area contributed by atoms with Gasteiger partial charge in [-0.1, -0.05) is 13.8 Å². The van der Waals surface area contributed by atoms with Gasteiger partial charge in [0, 0.05) is 16.5 Å². The number of carboxylic acid groups (broad SMARTS) is 1. The number of furan rings is 1. The molecule has 0 bridgehead atoms. The maximum Gasteiger partial charge on any atom is 0.371 e. The summed E-state index contributed by atoms with van der Waals surface area (Å²) < 4.78 is 10.9. The van der Waals surface area contributed by atoms with Crippen LogP contribution >= 0.6 is 0 Å². The fourth-order valence-corrected chi connectivity index (χ4v) is 2.28. The van der Waals surface area contributed by atoms with Crippen molar-refractivity contribution in [2.75, 3.05) is 6.61 Å². The maximum atomic E-state index is 10.8. The van der Waals surface area contributed by atoms with Crippen molar-refractivity contribution in [3.63, 3.8) is 0 Å². The Morgan fingerprint density at radius 2 is 2.05 bits per heavy atom. The first kappa shape index (κ1) is 11.8. The molecule has 0 unspecified atom stereocenters. The molecule has 0 saturated heterocycles. The third-order valence-corrected chi connectivity index (χ3v) is 3.40. The fraction of sp³-hybridized carbons (Fsp3) is 0.267. The molecule has 0 amide bonds. The van der Waals surface area contributed by atoms with E-state index in [-0.39, 0.29) is 11.2 Å². The van der Waals surface area contributed by atoms with E-state index in [0.29, 0.717) is 12.4 Å². The third-order valence-electron chi connectivity index (χ3n) is 3.40. The van der Waals surface area contributed by atoms with Crippen molar-refractivity contribution in [1.29, 1.82) is 0 Å². The van der Waals surface area contributed by atoms with Gasteiger partial charge in [-0.25, -0.2) is 4.79 Å². The molecule has 0 atom stereocenters. The van der Waals surface area contributed by atoms with Crippen LogP contribution in [0.25, 0.3) is 11.3 Å². The summed E-state index contributed by atoms with van der Waals surface area (Å²) >= 11 is 0. The Bertz CT molecular complexity index is 652. The predicted octanol–water partition coefficient (Wildman–Crippen LogP) is 3.31. The van der Waals surface area contributed by atoms with Crippen molar-refractivity contribution in [1.82, 2.24) is 0 Å². The van der Waals surface area contributed by atoms with Crippen molar-refractivity contribution in [2.45, 2.75) is 19.3 Å². The number of rotatable bonds is 2. The lowest BCUT2D eigenvalue weighted by Crippen LogP contribution is -2.18. The van der Waals surface area contributed by atoms with Crippen LogP contribution in [0.1, 0.15) is 30.0 Å². The van der Waals surface area contributed by atoms with Gasteiger partial charge in [-0.05, 0) is 30.3 Å². The van der Waals surface area contributed by atoms with Gasteiger partial charge >= 0.3 is 5.97 Å². The van der Waals surface area contributed by atoms with Gasteiger partial charge in [0.15, 0.2) is 0 Å². The Labute approximate surface area is 110 Å². The van der Waals surface area contributed by atoms with Crippen molar-refractivity contribution < 1.29 is 19.1 Å². The summed E-state index contributed by atoms with van der Waals surface area (Å²) in [6.45, 7) is 4.89. The Kier molecular flexibility index (Phi) is 2.42. The van der Waals surface area contributed by atoms with E-state index in [9.17, 15) is 4.79 Å². The molecule has 4 heteroatoms. The number of hydrogen-bond donors (Lipinski definition) is 1. The van der Waals surface area contributed by atoms with Gasteiger partial charge in [0.1, 0.15) is 11.5 Å². The number of carbonyl (C=O) groups is 1. The average molecular weight is 258 g/mol. The van der Waals surface area contributed by atoms with E-state index in [1.54, 1.807) is 6.07 Å². The summed E-state index contributed by atoms with van der Waals surface area (Å²) in [5.74, 6) is 0.337. The highest BCUT2D eigenvalue weighted by Gasteiger charge is 2.32. The Morgan fingerprint density at radius 3 is 2.74 bits per heavy atom. The molecule has 0 fully saturated rings. The fourth-order valence-electron chi connectivity index (χ4n) is 2.28. The lowest BCUT2D eigenvalue weighted by Gasteiger charge is -2.15. The van der Waals surface area contributed by atoms with Gasteiger partial charge in [0.2, 0.25) is 5.76 Å². The van der Waals surface area contributed by atoms with E-state index in [0.717, 1.165) is 16.9 Å². The summed E-state index contributed by atoms with van der Waals surface area (Å²) in [7, 11) is 0. The summed E-state index contributed by atoms with van der Waals surface area (Å²) in [4.78, 5) is 10.8. The largest absolute Gasteiger partial charge is 0.492 e. The van der Waals surface area contributed by atoms with Crippen LogP contribution in [0.2, 0.25) is 0 Å². The highest BCUT2D eigenvalue weighted by Crippen LogP contribution is 2.40. The van der Waals surface area contributed by atoms with Crippen LogP contribution in [0.5, 0.6) is 5.75 Å². The lowest BCUT2D eigenvalue weighted by atomic mass is 9.86. The zero-order valence-corrected chi connectivity index (χ0v) is 10.8. The molecule has 1 aromatic carbocycles. The average Bonchev–Trinajstić information content (AvgIpc) is 2.95. The van der Waals surface area contributed by atoms with Gasteiger partial charge in [0.05, 0.1) is 6.61 Å². The summed E-state index contributed by atoms with van der Waals surface area (Å²) in [5.41, 5.74) is 1.95. The molecule has 0 radical (unpaired) electrons. The van der Waals surface area contributed by atoms with Crippen molar-refractivity contribution in [3.05, 3.63) is 41.7 Å². The zero-order chi connectivity index (χ0) is 13.6. The van der Waals surface area contributed by atoms with Crippen LogP contribution in [0.4, 0.5) is 0 Å². The first-order valence-corrected chi connectivity index (χ1v) is 6.08. The minimum absolute atomic E-state index is 0.0342. The molecule has 2 heterocycles. The first-order valence-electron chi connectivity index (χ1n) is 6.08. The second-order valence-electron chi connectivity index (χ2n) is 5.35. The maximum absolute atomic E-state index is 10.8. The normalized spacial score (nSPS) is 15.9. The van der Waals surface area contributed by atoms with Crippen molar-refractivity contribution in [2.24, 2.45) is 0 Å². The molecule has 1 aliphatic rings. The second kappa shape index (κ2) is 3.88. The molecule has 0 spiro atoms. The molecule has 98 valence electrons. The Hall–Kier alpha value is -2.23. The summed E-state index contributed by atoms with van der Waals surface area (Å²) in [6.07, 6.45) is 0. The zero-order valence-electron chi connectivity index (χ0n) is 10.8. The SMILES string of the molecule is CC1(C)COc2ccc(-c3ccc(C(=O)O)o3)cc21. The molecule has 0 aliphatic carbocycles.